The summed E-state index contributed by atoms with van der Waals surface area (Å²) in [4.78, 5) is 0. The van der Waals surface area contributed by atoms with Gasteiger partial charge in [-0.15, -0.1) is 12.4 Å². The molecular weight excluding hydrogens is 204 g/mol. The molecule has 0 aromatic heterocycles. The molecule has 0 bridgehead atoms. The minimum atomic E-state index is -1.67. The summed E-state index contributed by atoms with van der Waals surface area (Å²) in [6, 6.07) is 0. The van der Waals surface area contributed by atoms with Crippen molar-refractivity contribution in [3.63, 3.8) is 0 Å². The largest absolute Gasteiger partial charge is 0.394 e. The molecule has 0 aliphatic rings. The summed E-state index contributed by atoms with van der Waals surface area (Å²) < 4.78 is 0. The van der Waals surface area contributed by atoms with Crippen molar-refractivity contribution >= 4 is 12.4 Å². The van der Waals surface area contributed by atoms with Crippen LogP contribution in [0.3, 0.4) is 0 Å². The Labute approximate surface area is 81.5 Å². The van der Waals surface area contributed by atoms with Gasteiger partial charge in [-0.2, -0.15) is 0 Å². The van der Waals surface area contributed by atoms with Crippen LogP contribution in [-0.4, -0.2) is 68.3 Å². The maximum atomic E-state index is 8.96. The molecule has 0 heterocycles. The molecule has 0 spiro atoms. The van der Waals surface area contributed by atoms with E-state index in [1.54, 1.807) is 0 Å². The molecule has 82 valence electrons. The minimum absolute atomic E-state index is 0. The molecule has 7 heteroatoms. The van der Waals surface area contributed by atoms with Crippen LogP contribution in [0.1, 0.15) is 0 Å². The van der Waals surface area contributed by atoms with E-state index in [-0.39, 0.29) is 12.4 Å². The van der Waals surface area contributed by atoms with Gasteiger partial charge < -0.3 is 30.6 Å². The Kier molecular flexibility index (Phi) is 8.90. The number of aliphatic hydroxyl groups is 6. The summed E-state index contributed by atoms with van der Waals surface area (Å²) in [5.74, 6) is 0. The zero-order valence-corrected chi connectivity index (χ0v) is 7.63. The Morgan fingerprint density at radius 2 is 0.923 bits per heavy atom. The average Bonchev–Trinajstić information content (AvgIpc) is 2.12. The predicted molar refractivity (Wildman–Crippen MR) is 45.4 cm³/mol. The molecule has 6 N–H and O–H groups in total. The van der Waals surface area contributed by atoms with Crippen LogP contribution in [0.25, 0.3) is 0 Å². The fourth-order valence-corrected chi connectivity index (χ4v) is 0.671. The predicted octanol–water partition coefficient (Wildman–Crippen LogP) is -3.16. The summed E-state index contributed by atoms with van der Waals surface area (Å²) in [6.07, 6.45) is -6.39. The van der Waals surface area contributed by atoms with Crippen LogP contribution in [0.15, 0.2) is 0 Å². The minimum Gasteiger partial charge on any atom is -0.394 e. The second-order valence-electron chi connectivity index (χ2n) is 2.48. The van der Waals surface area contributed by atoms with Gasteiger partial charge in [0.25, 0.3) is 0 Å². The van der Waals surface area contributed by atoms with Gasteiger partial charge in [0.15, 0.2) is 0 Å². The standard InChI is InChI=1S/C6H14O6.ClH/c7-1-3(9)5(11)6(12)4(10)2-8;/h3-12H,1-2H2;1H/t3-,4+,5-,6-;/m1./s1. The number of halogens is 1. The van der Waals surface area contributed by atoms with Gasteiger partial charge in [0.05, 0.1) is 13.2 Å². The van der Waals surface area contributed by atoms with E-state index in [2.05, 4.69) is 0 Å². The number of aliphatic hydroxyl groups excluding tert-OH is 6. The highest BCUT2D eigenvalue weighted by molar-refractivity contribution is 5.85. The molecule has 0 amide bonds. The van der Waals surface area contributed by atoms with Crippen molar-refractivity contribution in [2.24, 2.45) is 0 Å². The third-order valence-electron chi connectivity index (χ3n) is 1.51. The Morgan fingerprint density at radius 1 is 0.692 bits per heavy atom. The second-order valence-corrected chi connectivity index (χ2v) is 2.48. The molecule has 4 atom stereocenters. The van der Waals surface area contributed by atoms with Crippen molar-refractivity contribution in [2.75, 3.05) is 13.2 Å². The van der Waals surface area contributed by atoms with Gasteiger partial charge in [0.2, 0.25) is 0 Å². The van der Waals surface area contributed by atoms with Crippen molar-refractivity contribution in [1.82, 2.24) is 0 Å². The van der Waals surface area contributed by atoms with Crippen LogP contribution in [0.5, 0.6) is 0 Å². The van der Waals surface area contributed by atoms with Crippen molar-refractivity contribution in [3.05, 3.63) is 0 Å². The molecule has 0 aliphatic carbocycles. The van der Waals surface area contributed by atoms with Crippen molar-refractivity contribution in [3.8, 4) is 0 Å². The molecule has 0 aromatic rings. The van der Waals surface area contributed by atoms with Crippen LogP contribution in [0.2, 0.25) is 0 Å². The number of rotatable bonds is 5. The van der Waals surface area contributed by atoms with E-state index in [0.29, 0.717) is 0 Å². The van der Waals surface area contributed by atoms with Gasteiger partial charge in [-0.05, 0) is 0 Å². The third-order valence-corrected chi connectivity index (χ3v) is 1.51. The molecule has 13 heavy (non-hydrogen) atoms. The van der Waals surface area contributed by atoms with Crippen molar-refractivity contribution in [2.45, 2.75) is 24.4 Å². The van der Waals surface area contributed by atoms with Gasteiger partial charge in [0, 0.05) is 0 Å². The Balaban J connectivity index is 0. The molecule has 0 fully saturated rings. The highest BCUT2D eigenvalue weighted by Gasteiger charge is 2.29. The zero-order chi connectivity index (χ0) is 9.72. The van der Waals surface area contributed by atoms with Crippen LogP contribution < -0.4 is 0 Å². The summed E-state index contributed by atoms with van der Waals surface area (Å²) in [6.45, 7) is -1.45. The molecule has 0 aromatic carbocycles. The number of hydrogen-bond donors (Lipinski definition) is 6. The lowest BCUT2D eigenvalue weighted by molar-refractivity contribution is -0.123. The first kappa shape index (κ1) is 15.5. The van der Waals surface area contributed by atoms with E-state index in [9.17, 15) is 0 Å². The van der Waals surface area contributed by atoms with Gasteiger partial charge >= 0.3 is 0 Å². The average molecular weight is 219 g/mol. The zero-order valence-electron chi connectivity index (χ0n) is 6.82. The van der Waals surface area contributed by atoms with Crippen molar-refractivity contribution in [1.29, 1.82) is 0 Å². The van der Waals surface area contributed by atoms with Gasteiger partial charge in [-0.3, -0.25) is 0 Å². The molecular formula is C6H15ClO6. The summed E-state index contributed by atoms with van der Waals surface area (Å²) >= 11 is 0. The van der Waals surface area contributed by atoms with E-state index >= 15 is 0 Å². The first-order chi connectivity index (χ1) is 5.54. The van der Waals surface area contributed by atoms with Crippen molar-refractivity contribution < 1.29 is 30.6 Å². The summed E-state index contributed by atoms with van der Waals surface area (Å²) in [5, 5.41) is 52.2. The smallest absolute Gasteiger partial charge is 0.111 e. The van der Waals surface area contributed by atoms with E-state index in [1.807, 2.05) is 0 Å². The maximum Gasteiger partial charge on any atom is 0.111 e. The molecule has 0 saturated heterocycles. The number of hydrogen-bond acceptors (Lipinski definition) is 6. The molecule has 0 saturated carbocycles. The van der Waals surface area contributed by atoms with Crippen LogP contribution in [-0.2, 0) is 0 Å². The van der Waals surface area contributed by atoms with Crippen LogP contribution >= 0.6 is 12.4 Å². The fourth-order valence-electron chi connectivity index (χ4n) is 0.671. The molecule has 0 rings (SSSR count). The van der Waals surface area contributed by atoms with Crippen LogP contribution in [0.4, 0.5) is 0 Å². The van der Waals surface area contributed by atoms with Gasteiger partial charge in [0.1, 0.15) is 24.4 Å². The van der Waals surface area contributed by atoms with E-state index < -0.39 is 37.6 Å². The summed E-state index contributed by atoms with van der Waals surface area (Å²) in [5.41, 5.74) is 0. The van der Waals surface area contributed by atoms with Gasteiger partial charge in [-0.25, -0.2) is 0 Å². The Bertz CT molecular complexity index is 110. The van der Waals surface area contributed by atoms with E-state index in [0.717, 1.165) is 0 Å². The normalized spacial score (nSPS) is 19.8. The molecule has 6 nitrogen and oxygen atoms in total. The first-order valence-electron chi connectivity index (χ1n) is 3.48. The lowest BCUT2D eigenvalue weighted by Crippen LogP contribution is -2.46. The fraction of sp³-hybridized carbons (Fsp3) is 1.00. The topological polar surface area (TPSA) is 121 Å². The molecule has 0 radical (unpaired) electrons. The SMILES string of the molecule is Cl.OC[C@@H](O)[C@@H](O)[C@H](O)[C@@H](O)CO. The highest BCUT2D eigenvalue weighted by atomic mass is 35.5. The highest BCUT2D eigenvalue weighted by Crippen LogP contribution is 2.03. The van der Waals surface area contributed by atoms with E-state index in [4.69, 9.17) is 30.6 Å². The molecule has 0 unspecified atom stereocenters. The third kappa shape index (κ3) is 4.72. The van der Waals surface area contributed by atoms with E-state index in [1.165, 1.54) is 0 Å². The maximum absolute atomic E-state index is 8.96. The van der Waals surface area contributed by atoms with Crippen LogP contribution in [0, 0.1) is 0 Å². The van der Waals surface area contributed by atoms with Gasteiger partial charge in [-0.1, -0.05) is 0 Å². The second kappa shape index (κ2) is 7.45. The lowest BCUT2D eigenvalue weighted by Gasteiger charge is -2.24. The molecule has 0 aliphatic heterocycles. The Hall–Kier alpha value is 0.0500. The first-order valence-corrected chi connectivity index (χ1v) is 3.48. The monoisotopic (exact) mass is 218 g/mol. The quantitative estimate of drug-likeness (QED) is 0.290. The Morgan fingerprint density at radius 3 is 1.08 bits per heavy atom. The summed E-state index contributed by atoms with van der Waals surface area (Å²) in [7, 11) is 0. The lowest BCUT2D eigenvalue weighted by atomic mass is 10.0.